The molecule has 2 aromatic rings. The van der Waals surface area contributed by atoms with Crippen molar-refractivity contribution in [3.05, 3.63) is 53.6 Å². The highest BCUT2D eigenvalue weighted by Crippen LogP contribution is 2.25. The highest BCUT2D eigenvalue weighted by atomic mass is 16.4. The fourth-order valence-electron chi connectivity index (χ4n) is 2.18. The molecular formula is C18H20N2O3. The number of hydrogen-bond acceptors (Lipinski definition) is 4. The first-order valence-electron chi connectivity index (χ1n) is 7.67. The van der Waals surface area contributed by atoms with Gasteiger partial charge in [0.2, 0.25) is 0 Å². The number of aryl methyl sites for hydroxylation is 1. The molecule has 0 saturated heterocycles. The Morgan fingerprint density at radius 2 is 1.65 bits per heavy atom. The first kappa shape index (κ1) is 16.7. The molecule has 0 aliphatic heterocycles. The van der Waals surface area contributed by atoms with Gasteiger partial charge in [-0.1, -0.05) is 31.9 Å². The van der Waals surface area contributed by atoms with E-state index >= 15 is 0 Å². The number of phenols is 1. The molecule has 0 unspecified atom stereocenters. The first-order valence-corrected chi connectivity index (χ1v) is 7.67. The normalized spacial score (nSPS) is 11.0. The zero-order valence-electron chi connectivity index (χ0n) is 13.1. The summed E-state index contributed by atoms with van der Waals surface area (Å²) >= 11 is 0. The lowest BCUT2D eigenvalue weighted by Gasteiger charge is -2.01. The minimum atomic E-state index is -1.20. The smallest absolute Gasteiger partial charge is 0.339 e. The predicted molar refractivity (Wildman–Crippen MR) is 88.9 cm³/mol. The molecule has 120 valence electrons. The molecule has 0 aliphatic rings. The number of aromatic carboxylic acids is 1. The Morgan fingerprint density at radius 3 is 2.30 bits per heavy atom. The van der Waals surface area contributed by atoms with Gasteiger partial charge < -0.3 is 10.2 Å². The van der Waals surface area contributed by atoms with Crippen LogP contribution < -0.4 is 0 Å². The van der Waals surface area contributed by atoms with Crippen molar-refractivity contribution in [1.29, 1.82) is 0 Å². The minimum absolute atomic E-state index is 0.187. The molecule has 0 bridgehead atoms. The summed E-state index contributed by atoms with van der Waals surface area (Å²) in [5.41, 5.74) is 2.17. The van der Waals surface area contributed by atoms with Crippen molar-refractivity contribution in [3.8, 4) is 5.75 Å². The van der Waals surface area contributed by atoms with Crippen LogP contribution in [0.3, 0.4) is 0 Å². The van der Waals surface area contributed by atoms with Crippen LogP contribution in [0, 0.1) is 0 Å². The van der Waals surface area contributed by atoms with Crippen molar-refractivity contribution in [1.82, 2.24) is 0 Å². The second-order valence-electron chi connectivity index (χ2n) is 5.33. The summed E-state index contributed by atoms with van der Waals surface area (Å²) in [6, 6.07) is 12.0. The van der Waals surface area contributed by atoms with Gasteiger partial charge in [-0.25, -0.2) is 4.79 Å². The number of benzene rings is 2. The van der Waals surface area contributed by atoms with E-state index in [1.165, 1.54) is 43.0 Å². The van der Waals surface area contributed by atoms with E-state index in [9.17, 15) is 9.90 Å². The molecule has 23 heavy (non-hydrogen) atoms. The van der Waals surface area contributed by atoms with Crippen LogP contribution in [0.2, 0.25) is 0 Å². The van der Waals surface area contributed by atoms with Crippen LogP contribution in [-0.2, 0) is 6.42 Å². The highest BCUT2D eigenvalue weighted by molar-refractivity contribution is 5.91. The van der Waals surface area contributed by atoms with Gasteiger partial charge in [0.1, 0.15) is 11.3 Å². The summed E-state index contributed by atoms with van der Waals surface area (Å²) in [4.78, 5) is 11.0. The third-order valence-electron chi connectivity index (χ3n) is 3.50. The van der Waals surface area contributed by atoms with Gasteiger partial charge in [0.05, 0.1) is 11.4 Å². The van der Waals surface area contributed by atoms with Gasteiger partial charge in [-0.05, 0) is 48.7 Å². The van der Waals surface area contributed by atoms with E-state index in [1.807, 2.05) is 24.3 Å². The van der Waals surface area contributed by atoms with Crippen molar-refractivity contribution in [2.24, 2.45) is 10.2 Å². The lowest BCUT2D eigenvalue weighted by Crippen LogP contribution is -1.95. The van der Waals surface area contributed by atoms with Crippen molar-refractivity contribution < 1.29 is 15.0 Å². The lowest BCUT2D eigenvalue weighted by atomic mass is 10.1. The highest BCUT2D eigenvalue weighted by Gasteiger charge is 2.09. The quantitative estimate of drug-likeness (QED) is 0.542. The average molecular weight is 312 g/mol. The molecular weight excluding hydrogens is 292 g/mol. The molecule has 0 amide bonds. The summed E-state index contributed by atoms with van der Waals surface area (Å²) in [5.74, 6) is -1.48. The number of hydrogen-bond donors (Lipinski definition) is 2. The summed E-state index contributed by atoms with van der Waals surface area (Å²) in [6.07, 6.45) is 4.68. The molecule has 0 saturated carbocycles. The Kier molecular flexibility index (Phi) is 5.86. The molecule has 2 aromatic carbocycles. The van der Waals surface area contributed by atoms with Gasteiger partial charge >= 0.3 is 5.97 Å². The second kappa shape index (κ2) is 8.08. The van der Waals surface area contributed by atoms with Crippen molar-refractivity contribution in [2.45, 2.75) is 32.6 Å². The Balaban J connectivity index is 2.05. The molecule has 0 heterocycles. The minimum Gasteiger partial charge on any atom is -0.507 e. The van der Waals surface area contributed by atoms with Gasteiger partial charge in [0.25, 0.3) is 0 Å². The predicted octanol–water partition coefficient (Wildman–Crippen LogP) is 5.24. The zero-order valence-corrected chi connectivity index (χ0v) is 13.1. The van der Waals surface area contributed by atoms with Gasteiger partial charge in [0, 0.05) is 0 Å². The van der Waals surface area contributed by atoms with Crippen LogP contribution in [-0.4, -0.2) is 16.2 Å². The maximum atomic E-state index is 11.0. The van der Waals surface area contributed by atoms with Gasteiger partial charge in [-0.2, -0.15) is 10.2 Å². The van der Waals surface area contributed by atoms with Crippen LogP contribution in [0.15, 0.2) is 52.7 Å². The van der Waals surface area contributed by atoms with E-state index in [2.05, 4.69) is 17.2 Å². The van der Waals surface area contributed by atoms with Crippen molar-refractivity contribution in [2.75, 3.05) is 0 Å². The third-order valence-corrected chi connectivity index (χ3v) is 3.50. The standard InChI is InChI=1S/C18H20N2O3/c1-2-3-4-5-13-6-8-14(9-7-13)19-20-15-10-11-17(21)16(12-15)18(22)23/h6-12,21H,2-5H2,1H3,(H,22,23). The number of carboxylic acid groups (broad SMARTS) is 1. The first-order chi connectivity index (χ1) is 11.1. The van der Waals surface area contributed by atoms with Gasteiger partial charge in [-0.15, -0.1) is 0 Å². The third kappa shape index (κ3) is 4.92. The maximum Gasteiger partial charge on any atom is 0.339 e. The van der Waals surface area contributed by atoms with Gasteiger partial charge in [-0.3, -0.25) is 0 Å². The monoisotopic (exact) mass is 312 g/mol. The van der Waals surface area contributed by atoms with E-state index in [4.69, 9.17) is 5.11 Å². The average Bonchev–Trinajstić information content (AvgIpc) is 2.55. The van der Waals surface area contributed by atoms with E-state index in [1.54, 1.807) is 0 Å². The molecule has 5 nitrogen and oxygen atoms in total. The summed E-state index contributed by atoms with van der Waals surface area (Å²) in [5, 5.41) is 26.5. The van der Waals surface area contributed by atoms with Crippen LogP contribution in [0.4, 0.5) is 11.4 Å². The number of aromatic hydroxyl groups is 1. The molecule has 2 rings (SSSR count). The van der Waals surface area contributed by atoms with E-state index in [-0.39, 0.29) is 11.3 Å². The van der Waals surface area contributed by atoms with Crippen LogP contribution in [0.1, 0.15) is 42.1 Å². The van der Waals surface area contributed by atoms with Crippen molar-refractivity contribution >= 4 is 17.3 Å². The van der Waals surface area contributed by atoms with E-state index in [0.717, 1.165) is 6.42 Å². The van der Waals surface area contributed by atoms with Gasteiger partial charge in [0.15, 0.2) is 0 Å². The number of azo groups is 1. The maximum absolute atomic E-state index is 11.0. The fourth-order valence-corrected chi connectivity index (χ4v) is 2.18. The fraction of sp³-hybridized carbons (Fsp3) is 0.278. The Morgan fingerprint density at radius 1 is 1.00 bits per heavy atom. The number of nitrogens with zero attached hydrogens (tertiary/aromatic N) is 2. The van der Waals surface area contributed by atoms with Crippen LogP contribution in [0.25, 0.3) is 0 Å². The summed E-state index contributed by atoms with van der Waals surface area (Å²) < 4.78 is 0. The molecule has 2 N–H and O–H groups in total. The largest absolute Gasteiger partial charge is 0.507 e. The zero-order chi connectivity index (χ0) is 16.7. The number of rotatable bonds is 7. The molecule has 5 heteroatoms. The Hall–Kier alpha value is -2.69. The number of unbranched alkanes of at least 4 members (excludes halogenated alkanes) is 2. The Labute approximate surface area is 135 Å². The van der Waals surface area contributed by atoms with E-state index in [0.29, 0.717) is 11.4 Å². The second-order valence-corrected chi connectivity index (χ2v) is 5.33. The SMILES string of the molecule is CCCCCc1ccc(N=Nc2ccc(O)c(C(=O)O)c2)cc1. The molecule has 0 aliphatic carbocycles. The summed E-state index contributed by atoms with van der Waals surface area (Å²) in [6.45, 7) is 2.18. The number of carboxylic acids is 1. The molecule has 0 spiro atoms. The topological polar surface area (TPSA) is 82.2 Å². The summed E-state index contributed by atoms with van der Waals surface area (Å²) in [7, 11) is 0. The molecule has 0 atom stereocenters. The molecule has 0 fully saturated rings. The molecule has 0 aromatic heterocycles. The van der Waals surface area contributed by atoms with E-state index < -0.39 is 5.97 Å². The molecule has 0 radical (unpaired) electrons. The van der Waals surface area contributed by atoms with Crippen LogP contribution >= 0.6 is 0 Å². The number of carbonyl (C=O) groups is 1. The Bertz CT molecular complexity index is 694. The lowest BCUT2D eigenvalue weighted by molar-refractivity contribution is 0.0694. The van der Waals surface area contributed by atoms with Crippen molar-refractivity contribution in [3.63, 3.8) is 0 Å². The van der Waals surface area contributed by atoms with Crippen LogP contribution in [0.5, 0.6) is 5.75 Å².